The van der Waals surface area contributed by atoms with E-state index in [2.05, 4.69) is 6.92 Å². The first-order valence-corrected chi connectivity index (χ1v) is 9.18. The largest absolute Gasteiger partial charge is 0.497 e. The number of hydrogen-bond acceptors (Lipinski definition) is 5. The Labute approximate surface area is 149 Å². The summed E-state index contributed by atoms with van der Waals surface area (Å²) in [5, 5.41) is 0. The second-order valence-corrected chi connectivity index (χ2v) is 6.47. The van der Waals surface area contributed by atoms with Crippen molar-refractivity contribution in [3.63, 3.8) is 0 Å². The van der Waals surface area contributed by atoms with Gasteiger partial charge in [0, 0.05) is 0 Å². The Hall–Kier alpha value is -2.04. The van der Waals surface area contributed by atoms with Gasteiger partial charge in [0.25, 0.3) is 0 Å². The average molecular weight is 348 g/mol. The van der Waals surface area contributed by atoms with Gasteiger partial charge in [0.15, 0.2) is 0 Å². The van der Waals surface area contributed by atoms with Crippen molar-refractivity contribution in [3.05, 3.63) is 24.3 Å². The first-order chi connectivity index (χ1) is 12.2. The van der Waals surface area contributed by atoms with Gasteiger partial charge >= 0.3 is 11.9 Å². The Morgan fingerprint density at radius 1 is 0.960 bits per heavy atom. The maximum atomic E-state index is 12.6. The summed E-state index contributed by atoms with van der Waals surface area (Å²) in [4.78, 5) is 24.9. The molecule has 1 saturated carbocycles. The molecule has 0 saturated heterocycles. The maximum Gasteiger partial charge on any atom is 0.315 e. The fourth-order valence-corrected chi connectivity index (χ4v) is 3.16. The van der Waals surface area contributed by atoms with E-state index in [0.717, 1.165) is 32.1 Å². The van der Waals surface area contributed by atoms with Gasteiger partial charge in [-0.1, -0.05) is 32.6 Å². The summed E-state index contributed by atoms with van der Waals surface area (Å²) >= 11 is 0. The zero-order valence-electron chi connectivity index (χ0n) is 15.2. The van der Waals surface area contributed by atoms with Gasteiger partial charge in [-0.25, -0.2) is 0 Å². The van der Waals surface area contributed by atoms with Crippen LogP contribution >= 0.6 is 0 Å². The lowest BCUT2D eigenvalue weighted by molar-refractivity contribution is -0.158. The van der Waals surface area contributed by atoms with Crippen molar-refractivity contribution in [2.45, 2.75) is 51.9 Å². The standard InChI is InChI=1S/C20H28O5/c1-3-4-7-14-24-19(21)17-8-5-6-9-18(17)20(22)25-16-12-10-15(23-2)11-13-16/h10-13,17-18H,3-9,14H2,1-2H3. The summed E-state index contributed by atoms with van der Waals surface area (Å²) in [6, 6.07) is 6.86. The van der Waals surface area contributed by atoms with Gasteiger partial charge in [-0.2, -0.15) is 0 Å². The van der Waals surface area contributed by atoms with Crippen LogP contribution in [0.15, 0.2) is 24.3 Å². The Balaban J connectivity index is 1.93. The number of ether oxygens (including phenoxy) is 3. The lowest BCUT2D eigenvalue weighted by atomic mass is 9.79. The number of methoxy groups -OCH3 is 1. The summed E-state index contributed by atoms with van der Waals surface area (Å²) in [7, 11) is 1.58. The topological polar surface area (TPSA) is 61.8 Å². The van der Waals surface area contributed by atoms with Gasteiger partial charge in [-0.15, -0.1) is 0 Å². The summed E-state index contributed by atoms with van der Waals surface area (Å²) < 4.78 is 15.9. The molecule has 1 aromatic carbocycles. The zero-order chi connectivity index (χ0) is 18.1. The van der Waals surface area contributed by atoms with E-state index in [0.29, 0.717) is 30.9 Å². The van der Waals surface area contributed by atoms with Crippen molar-refractivity contribution in [2.24, 2.45) is 11.8 Å². The molecule has 0 N–H and O–H groups in total. The first kappa shape index (κ1) is 19.3. The van der Waals surface area contributed by atoms with Gasteiger partial charge in [0.2, 0.25) is 0 Å². The molecule has 0 bridgehead atoms. The molecular weight excluding hydrogens is 320 g/mol. The second-order valence-electron chi connectivity index (χ2n) is 6.47. The summed E-state index contributed by atoms with van der Waals surface area (Å²) in [5.74, 6) is -0.249. The molecule has 0 radical (unpaired) electrons. The van der Waals surface area contributed by atoms with E-state index < -0.39 is 5.92 Å². The molecule has 5 nitrogen and oxygen atoms in total. The molecule has 2 rings (SSSR count). The molecule has 1 aliphatic rings. The molecule has 0 heterocycles. The quantitative estimate of drug-likeness (QED) is 0.401. The molecule has 2 unspecified atom stereocenters. The van der Waals surface area contributed by atoms with Gasteiger partial charge in [0.1, 0.15) is 11.5 Å². The highest BCUT2D eigenvalue weighted by atomic mass is 16.5. The van der Waals surface area contributed by atoms with Crippen molar-refractivity contribution in [2.75, 3.05) is 13.7 Å². The summed E-state index contributed by atoms with van der Waals surface area (Å²) in [6.07, 6.45) is 6.23. The van der Waals surface area contributed by atoms with Gasteiger partial charge in [-0.3, -0.25) is 9.59 Å². The molecule has 1 aromatic rings. The van der Waals surface area contributed by atoms with Crippen molar-refractivity contribution in [1.29, 1.82) is 0 Å². The van der Waals surface area contributed by atoms with E-state index in [-0.39, 0.29) is 17.9 Å². The molecule has 1 fully saturated rings. The Bertz CT molecular complexity index is 552. The van der Waals surface area contributed by atoms with Gasteiger partial charge < -0.3 is 14.2 Å². The van der Waals surface area contributed by atoms with Crippen LogP contribution in [0.3, 0.4) is 0 Å². The molecule has 0 amide bonds. The Morgan fingerprint density at radius 2 is 1.56 bits per heavy atom. The molecule has 0 spiro atoms. The minimum Gasteiger partial charge on any atom is -0.497 e. The molecule has 2 atom stereocenters. The van der Waals surface area contributed by atoms with Crippen LogP contribution in [-0.4, -0.2) is 25.7 Å². The fraction of sp³-hybridized carbons (Fsp3) is 0.600. The molecular formula is C20H28O5. The van der Waals surface area contributed by atoms with Crippen molar-refractivity contribution >= 4 is 11.9 Å². The van der Waals surface area contributed by atoms with Gasteiger partial charge in [0.05, 0.1) is 25.6 Å². The monoisotopic (exact) mass is 348 g/mol. The average Bonchev–Trinajstić information content (AvgIpc) is 2.65. The first-order valence-electron chi connectivity index (χ1n) is 9.18. The Kier molecular flexibility index (Phi) is 7.76. The van der Waals surface area contributed by atoms with Crippen LogP contribution in [0.2, 0.25) is 0 Å². The van der Waals surface area contributed by atoms with Crippen molar-refractivity contribution in [1.82, 2.24) is 0 Å². The number of carbonyl (C=O) groups excluding carboxylic acids is 2. The molecule has 138 valence electrons. The van der Waals surface area contributed by atoms with E-state index in [1.165, 1.54) is 0 Å². The van der Waals surface area contributed by atoms with Crippen LogP contribution in [-0.2, 0) is 14.3 Å². The SMILES string of the molecule is CCCCCOC(=O)C1CCCCC1C(=O)Oc1ccc(OC)cc1. The minimum atomic E-state index is -0.422. The number of rotatable bonds is 8. The number of unbranched alkanes of at least 4 members (excludes halogenated alkanes) is 2. The van der Waals surface area contributed by atoms with Crippen LogP contribution in [0.1, 0.15) is 51.9 Å². The normalized spacial score (nSPS) is 19.9. The summed E-state index contributed by atoms with van der Waals surface area (Å²) in [5.41, 5.74) is 0. The van der Waals surface area contributed by atoms with Crippen molar-refractivity contribution in [3.8, 4) is 11.5 Å². The highest BCUT2D eigenvalue weighted by molar-refractivity contribution is 5.83. The second kappa shape index (κ2) is 10.1. The molecule has 0 aromatic heterocycles. The van der Waals surface area contributed by atoms with E-state index in [9.17, 15) is 9.59 Å². The lowest BCUT2D eigenvalue weighted by Crippen LogP contribution is -2.36. The molecule has 25 heavy (non-hydrogen) atoms. The highest BCUT2D eigenvalue weighted by Crippen LogP contribution is 2.32. The molecule has 1 aliphatic carbocycles. The number of hydrogen-bond donors (Lipinski definition) is 0. The van der Waals surface area contributed by atoms with E-state index in [1.54, 1.807) is 31.4 Å². The van der Waals surface area contributed by atoms with Crippen molar-refractivity contribution < 1.29 is 23.8 Å². The van der Waals surface area contributed by atoms with E-state index in [1.807, 2.05) is 0 Å². The van der Waals surface area contributed by atoms with Crippen LogP contribution in [0.5, 0.6) is 11.5 Å². The predicted octanol–water partition coefficient (Wildman–Crippen LogP) is 4.14. The fourth-order valence-electron chi connectivity index (χ4n) is 3.16. The third kappa shape index (κ3) is 5.76. The van der Waals surface area contributed by atoms with Crippen LogP contribution in [0.4, 0.5) is 0 Å². The van der Waals surface area contributed by atoms with Crippen LogP contribution in [0, 0.1) is 11.8 Å². The number of carbonyl (C=O) groups is 2. The Morgan fingerprint density at radius 3 is 2.16 bits per heavy atom. The minimum absolute atomic E-state index is 0.257. The molecule has 0 aliphatic heterocycles. The van der Waals surface area contributed by atoms with Gasteiger partial charge in [-0.05, 0) is 43.5 Å². The lowest BCUT2D eigenvalue weighted by Gasteiger charge is -2.28. The van der Waals surface area contributed by atoms with E-state index in [4.69, 9.17) is 14.2 Å². The highest BCUT2D eigenvalue weighted by Gasteiger charge is 2.38. The number of esters is 2. The van der Waals surface area contributed by atoms with Crippen LogP contribution in [0.25, 0.3) is 0 Å². The maximum absolute atomic E-state index is 12.6. The number of benzene rings is 1. The van der Waals surface area contributed by atoms with E-state index >= 15 is 0 Å². The third-order valence-electron chi connectivity index (χ3n) is 4.64. The third-order valence-corrected chi connectivity index (χ3v) is 4.64. The molecule has 5 heteroatoms. The zero-order valence-corrected chi connectivity index (χ0v) is 15.2. The predicted molar refractivity (Wildman–Crippen MR) is 94.6 cm³/mol. The van der Waals surface area contributed by atoms with Crippen LogP contribution < -0.4 is 9.47 Å². The summed E-state index contributed by atoms with van der Waals surface area (Å²) in [6.45, 7) is 2.54. The smallest absolute Gasteiger partial charge is 0.315 e.